The normalized spacial score (nSPS) is 20.5. The fourth-order valence-electron chi connectivity index (χ4n) is 2.31. The number of hydrogen-bond acceptors (Lipinski definition) is 3. The fraction of sp³-hybridized carbons (Fsp3) is 0.600. The lowest BCUT2D eigenvalue weighted by molar-refractivity contribution is 0.0764. The van der Waals surface area contributed by atoms with Crippen LogP contribution in [0, 0.1) is 5.82 Å². The number of benzene rings is 1. The summed E-state index contributed by atoms with van der Waals surface area (Å²) in [5, 5.41) is 6.89. The summed E-state index contributed by atoms with van der Waals surface area (Å²) >= 11 is 0. The van der Waals surface area contributed by atoms with Crippen LogP contribution in [0.2, 0.25) is 0 Å². The van der Waals surface area contributed by atoms with Gasteiger partial charge in [0.2, 0.25) is 0 Å². The van der Waals surface area contributed by atoms with Crippen molar-refractivity contribution in [2.24, 2.45) is 0 Å². The topological polar surface area (TPSA) is 33.3 Å². The Hall–Kier alpha value is -0.970. The van der Waals surface area contributed by atoms with E-state index in [-0.39, 0.29) is 11.2 Å². The predicted molar refractivity (Wildman–Crippen MR) is 74.9 cm³/mol. The summed E-state index contributed by atoms with van der Waals surface area (Å²) in [7, 11) is 0. The highest BCUT2D eigenvalue weighted by Gasteiger charge is 2.21. The monoisotopic (exact) mass is 266 g/mol. The van der Waals surface area contributed by atoms with Gasteiger partial charge in [0.1, 0.15) is 5.82 Å². The van der Waals surface area contributed by atoms with Crippen LogP contribution in [0.1, 0.15) is 19.4 Å². The number of hydrogen-bond donors (Lipinski definition) is 2. The molecule has 1 aromatic carbocycles. The molecule has 19 heavy (non-hydrogen) atoms. The molecule has 1 fully saturated rings. The van der Waals surface area contributed by atoms with Crippen molar-refractivity contribution in [3.05, 3.63) is 35.6 Å². The first-order chi connectivity index (χ1) is 9.08. The standard InChI is InChI=1S/C15H23FN2O/c1-15(2,12-3-5-13(16)6-4-12)11-17-9-14-10-19-8-7-18-14/h3-6,14,17-18H,7-11H2,1-2H3. The molecular weight excluding hydrogens is 243 g/mol. The molecule has 2 rings (SSSR count). The Kier molecular flexibility index (Phi) is 4.91. The lowest BCUT2D eigenvalue weighted by atomic mass is 9.84. The van der Waals surface area contributed by atoms with Crippen LogP contribution < -0.4 is 10.6 Å². The zero-order valence-electron chi connectivity index (χ0n) is 11.7. The van der Waals surface area contributed by atoms with Crippen molar-refractivity contribution in [1.29, 1.82) is 0 Å². The minimum absolute atomic E-state index is 0.0107. The molecule has 1 aliphatic rings. The molecule has 4 heteroatoms. The van der Waals surface area contributed by atoms with Crippen molar-refractivity contribution in [2.45, 2.75) is 25.3 Å². The Bertz CT molecular complexity index is 386. The summed E-state index contributed by atoms with van der Waals surface area (Å²) in [6.45, 7) is 8.58. The van der Waals surface area contributed by atoms with Crippen LogP contribution in [0.5, 0.6) is 0 Å². The van der Waals surface area contributed by atoms with Gasteiger partial charge in [-0.1, -0.05) is 26.0 Å². The lowest BCUT2D eigenvalue weighted by Gasteiger charge is -2.29. The molecule has 1 saturated heterocycles. The first-order valence-electron chi connectivity index (χ1n) is 6.86. The second-order valence-electron chi connectivity index (χ2n) is 5.75. The third kappa shape index (κ3) is 4.27. The van der Waals surface area contributed by atoms with Crippen LogP contribution in [-0.2, 0) is 10.2 Å². The Morgan fingerprint density at radius 1 is 1.37 bits per heavy atom. The number of ether oxygens (including phenoxy) is 1. The molecule has 0 saturated carbocycles. The van der Waals surface area contributed by atoms with Gasteiger partial charge in [-0.2, -0.15) is 0 Å². The van der Waals surface area contributed by atoms with Crippen LogP contribution in [0.25, 0.3) is 0 Å². The van der Waals surface area contributed by atoms with Gasteiger partial charge in [0.15, 0.2) is 0 Å². The Morgan fingerprint density at radius 2 is 2.11 bits per heavy atom. The quantitative estimate of drug-likeness (QED) is 0.851. The maximum Gasteiger partial charge on any atom is 0.123 e. The van der Waals surface area contributed by atoms with E-state index in [0.29, 0.717) is 6.04 Å². The Morgan fingerprint density at radius 3 is 2.74 bits per heavy atom. The molecule has 106 valence electrons. The number of nitrogens with one attached hydrogen (secondary N) is 2. The molecule has 1 aromatic rings. The predicted octanol–water partition coefficient (Wildman–Crippen LogP) is 1.68. The number of rotatable bonds is 5. The molecule has 2 N–H and O–H groups in total. The third-order valence-electron chi connectivity index (χ3n) is 3.58. The van der Waals surface area contributed by atoms with Gasteiger partial charge in [-0.3, -0.25) is 0 Å². The molecule has 0 radical (unpaired) electrons. The Balaban J connectivity index is 1.81. The molecule has 1 unspecified atom stereocenters. The Labute approximate surface area is 114 Å². The van der Waals surface area contributed by atoms with E-state index in [1.165, 1.54) is 12.1 Å². The van der Waals surface area contributed by atoms with Gasteiger partial charge in [-0.25, -0.2) is 4.39 Å². The maximum absolute atomic E-state index is 12.9. The highest BCUT2D eigenvalue weighted by molar-refractivity contribution is 5.24. The van der Waals surface area contributed by atoms with Crippen LogP contribution in [0.15, 0.2) is 24.3 Å². The van der Waals surface area contributed by atoms with Gasteiger partial charge in [0, 0.05) is 31.1 Å². The molecule has 1 heterocycles. The van der Waals surface area contributed by atoms with Gasteiger partial charge in [-0.15, -0.1) is 0 Å². The van der Waals surface area contributed by atoms with Gasteiger partial charge in [0.25, 0.3) is 0 Å². The molecule has 0 spiro atoms. The maximum atomic E-state index is 12.9. The zero-order valence-corrected chi connectivity index (χ0v) is 11.7. The van der Waals surface area contributed by atoms with E-state index in [1.807, 2.05) is 12.1 Å². The van der Waals surface area contributed by atoms with E-state index in [1.54, 1.807) is 0 Å². The average Bonchev–Trinajstić information content (AvgIpc) is 2.40. The smallest absolute Gasteiger partial charge is 0.123 e. The summed E-state index contributed by atoms with van der Waals surface area (Å²) < 4.78 is 18.4. The van der Waals surface area contributed by atoms with E-state index >= 15 is 0 Å². The highest BCUT2D eigenvalue weighted by atomic mass is 19.1. The second kappa shape index (κ2) is 6.46. The molecule has 0 aromatic heterocycles. The van der Waals surface area contributed by atoms with Crippen LogP contribution in [-0.4, -0.2) is 38.9 Å². The number of morpholine rings is 1. The fourth-order valence-corrected chi connectivity index (χ4v) is 2.31. The van der Waals surface area contributed by atoms with Crippen molar-refractivity contribution in [2.75, 3.05) is 32.8 Å². The number of halogens is 1. The molecule has 3 nitrogen and oxygen atoms in total. The van der Waals surface area contributed by atoms with Crippen LogP contribution in [0.4, 0.5) is 4.39 Å². The molecule has 0 aliphatic carbocycles. The summed E-state index contributed by atoms with van der Waals surface area (Å²) in [6, 6.07) is 7.15. The molecule has 0 bridgehead atoms. The van der Waals surface area contributed by atoms with Crippen molar-refractivity contribution in [1.82, 2.24) is 10.6 Å². The molecule has 1 atom stereocenters. The van der Waals surface area contributed by atoms with Gasteiger partial charge in [0.05, 0.1) is 13.2 Å². The highest BCUT2D eigenvalue weighted by Crippen LogP contribution is 2.22. The summed E-state index contributed by atoms with van der Waals surface area (Å²) in [5.41, 5.74) is 1.14. The van der Waals surface area contributed by atoms with Gasteiger partial charge < -0.3 is 15.4 Å². The zero-order chi connectivity index (χ0) is 13.7. The van der Waals surface area contributed by atoms with Gasteiger partial charge in [-0.05, 0) is 17.7 Å². The van der Waals surface area contributed by atoms with Crippen molar-refractivity contribution in [3.63, 3.8) is 0 Å². The lowest BCUT2D eigenvalue weighted by Crippen LogP contribution is -2.48. The van der Waals surface area contributed by atoms with Crippen molar-refractivity contribution < 1.29 is 9.13 Å². The largest absolute Gasteiger partial charge is 0.378 e. The molecule has 0 amide bonds. The summed E-state index contributed by atoms with van der Waals surface area (Å²) in [6.07, 6.45) is 0. The van der Waals surface area contributed by atoms with Crippen LogP contribution >= 0.6 is 0 Å². The first-order valence-corrected chi connectivity index (χ1v) is 6.86. The first kappa shape index (κ1) is 14.4. The average molecular weight is 266 g/mol. The minimum atomic E-state index is -0.184. The van der Waals surface area contributed by atoms with E-state index in [4.69, 9.17) is 4.74 Å². The summed E-state index contributed by atoms with van der Waals surface area (Å²) in [5.74, 6) is -0.184. The van der Waals surface area contributed by atoms with Crippen molar-refractivity contribution >= 4 is 0 Å². The molecule has 1 aliphatic heterocycles. The second-order valence-corrected chi connectivity index (χ2v) is 5.75. The van der Waals surface area contributed by atoms with E-state index in [0.717, 1.165) is 38.4 Å². The third-order valence-corrected chi connectivity index (χ3v) is 3.58. The van der Waals surface area contributed by atoms with Gasteiger partial charge >= 0.3 is 0 Å². The van der Waals surface area contributed by atoms with E-state index in [2.05, 4.69) is 24.5 Å². The van der Waals surface area contributed by atoms with Crippen molar-refractivity contribution in [3.8, 4) is 0 Å². The van der Waals surface area contributed by atoms with E-state index in [9.17, 15) is 4.39 Å². The summed E-state index contributed by atoms with van der Waals surface area (Å²) in [4.78, 5) is 0. The molecular formula is C15H23FN2O. The minimum Gasteiger partial charge on any atom is -0.378 e. The van der Waals surface area contributed by atoms with Crippen LogP contribution in [0.3, 0.4) is 0 Å². The van der Waals surface area contributed by atoms with E-state index < -0.39 is 0 Å². The SMILES string of the molecule is CC(C)(CNCC1COCCN1)c1ccc(F)cc1.